The highest BCUT2D eigenvalue weighted by Crippen LogP contribution is 2.42. The first-order valence-corrected chi connectivity index (χ1v) is 8.79. The molecule has 1 aliphatic carbocycles. The monoisotopic (exact) mass is 368 g/mol. The molecule has 140 valence electrons. The maximum absolute atomic E-state index is 12.8. The Morgan fingerprint density at radius 2 is 1.67 bits per heavy atom. The van der Waals surface area contributed by atoms with Crippen molar-refractivity contribution in [3.05, 3.63) is 70.3 Å². The Hall–Kier alpha value is -3.22. The van der Waals surface area contributed by atoms with Crippen LogP contribution in [0.25, 0.3) is 0 Å². The molecule has 0 bridgehead atoms. The van der Waals surface area contributed by atoms with Crippen molar-refractivity contribution in [2.45, 2.75) is 31.1 Å². The Labute approximate surface area is 156 Å². The number of ether oxygens (including phenoxy) is 1. The van der Waals surface area contributed by atoms with Crippen LogP contribution < -0.4 is 5.32 Å². The van der Waals surface area contributed by atoms with Crippen molar-refractivity contribution in [1.29, 1.82) is 0 Å². The van der Waals surface area contributed by atoms with E-state index in [0.717, 1.165) is 18.4 Å². The summed E-state index contributed by atoms with van der Waals surface area (Å²) in [7, 11) is 0. The van der Waals surface area contributed by atoms with E-state index in [9.17, 15) is 19.7 Å². The number of hydrogen-bond donors (Lipinski definition) is 1. The lowest BCUT2D eigenvalue weighted by Crippen LogP contribution is -2.36. The summed E-state index contributed by atoms with van der Waals surface area (Å²) in [6.07, 6.45) is 3.21. The van der Waals surface area contributed by atoms with E-state index in [1.165, 1.54) is 18.2 Å². The Balaban J connectivity index is 1.66. The van der Waals surface area contributed by atoms with Crippen LogP contribution in [0.15, 0.2) is 54.6 Å². The normalized spacial score (nSPS) is 15.1. The number of carbonyl (C=O) groups is 2. The Kier molecular flexibility index (Phi) is 5.49. The van der Waals surface area contributed by atoms with E-state index in [2.05, 4.69) is 5.32 Å². The molecule has 3 rings (SSSR count). The van der Waals surface area contributed by atoms with Crippen molar-refractivity contribution < 1.29 is 19.2 Å². The van der Waals surface area contributed by atoms with Gasteiger partial charge in [-0.25, -0.2) is 0 Å². The molecule has 0 heterocycles. The van der Waals surface area contributed by atoms with Crippen molar-refractivity contribution in [3.8, 4) is 0 Å². The number of nitrogens with zero attached hydrogens (tertiary/aromatic N) is 1. The summed E-state index contributed by atoms with van der Waals surface area (Å²) in [5, 5.41) is 13.4. The first kappa shape index (κ1) is 18.6. The highest BCUT2D eigenvalue weighted by Gasteiger charge is 2.44. The van der Waals surface area contributed by atoms with Gasteiger partial charge in [0.2, 0.25) is 0 Å². The van der Waals surface area contributed by atoms with Gasteiger partial charge in [0.05, 0.1) is 10.3 Å². The number of amides is 1. The van der Waals surface area contributed by atoms with Gasteiger partial charge in [0.25, 0.3) is 11.6 Å². The fraction of sp³-hybridized carbons (Fsp3) is 0.300. The highest BCUT2D eigenvalue weighted by atomic mass is 16.6. The van der Waals surface area contributed by atoms with Gasteiger partial charge in [-0.3, -0.25) is 19.7 Å². The average molecular weight is 368 g/mol. The van der Waals surface area contributed by atoms with Crippen molar-refractivity contribution >= 4 is 23.3 Å². The van der Waals surface area contributed by atoms with Crippen LogP contribution in [-0.4, -0.2) is 23.4 Å². The van der Waals surface area contributed by atoms with Gasteiger partial charge in [0, 0.05) is 6.07 Å². The van der Waals surface area contributed by atoms with Crippen molar-refractivity contribution in [1.82, 2.24) is 0 Å². The van der Waals surface area contributed by atoms with E-state index in [0.29, 0.717) is 12.8 Å². The molecule has 0 unspecified atom stereocenters. The molecule has 0 saturated heterocycles. The quantitative estimate of drug-likeness (QED) is 0.477. The zero-order valence-electron chi connectivity index (χ0n) is 14.7. The lowest BCUT2D eigenvalue weighted by molar-refractivity contribution is -0.383. The number of nitrogens with one attached hydrogen (secondary N) is 1. The van der Waals surface area contributed by atoms with Crippen LogP contribution in [-0.2, 0) is 19.7 Å². The van der Waals surface area contributed by atoms with Gasteiger partial charge in [-0.2, -0.15) is 0 Å². The third kappa shape index (κ3) is 3.97. The van der Waals surface area contributed by atoms with Crippen LogP contribution in [0.3, 0.4) is 0 Å². The Morgan fingerprint density at radius 3 is 2.33 bits per heavy atom. The highest BCUT2D eigenvalue weighted by molar-refractivity contribution is 5.95. The number of hydrogen-bond acceptors (Lipinski definition) is 5. The van der Waals surface area contributed by atoms with Gasteiger partial charge >= 0.3 is 5.97 Å². The number of anilines is 1. The minimum Gasteiger partial charge on any atom is -0.455 e. The largest absolute Gasteiger partial charge is 0.455 e. The standard InChI is InChI=1S/C20H20N2O5/c23-18(21-16-10-4-5-11-17(16)22(25)26)14-27-19(24)20(12-6-7-13-20)15-8-2-1-3-9-15/h1-5,8-11H,6-7,12-14H2,(H,21,23). The van der Waals surface area contributed by atoms with Gasteiger partial charge in [-0.05, 0) is 24.5 Å². The van der Waals surface area contributed by atoms with Crippen LogP contribution in [0.2, 0.25) is 0 Å². The predicted molar refractivity (Wildman–Crippen MR) is 99.3 cm³/mol. The van der Waals surface area contributed by atoms with Gasteiger partial charge in [0.1, 0.15) is 5.69 Å². The Morgan fingerprint density at radius 1 is 1.04 bits per heavy atom. The summed E-state index contributed by atoms with van der Waals surface area (Å²) >= 11 is 0. The lowest BCUT2D eigenvalue weighted by Gasteiger charge is -2.27. The molecule has 2 aromatic carbocycles. The molecule has 2 aromatic rings. The number of para-hydroxylation sites is 2. The summed E-state index contributed by atoms with van der Waals surface area (Å²) < 4.78 is 5.30. The molecule has 0 aliphatic heterocycles. The number of nitro benzene ring substituents is 1. The molecular formula is C20H20N2O5. The summed E-state index contributed by atoms with van der Waals surface area (Å²) in [5.74, 6) is -1.04. The summed E-state index contributed by atoms with van der Waals surface area (Å²) in [6.45, 7) is -0.487. The number of esters is 1. The number of carbonyl (C=O) groups excluding carboxylic acids is 2. The van der Waals surface area contributed by atoms with Crippen LogP contribution in [0.1, 0.15) is 31.2 Å². The van der Waals surface area contributed by atoms with Crippen LogP contribution >= 0.6 is 0 Å². The average Bonchev–Trinajstić information content (AvgIpc) is 3.18. The van der Waals surface area contributed by atoms with Gasteiger partial charge < -0.3 is 10.1 Å². The fourth-order valence-corrected chi connectivity index (χ4v) is 3.54. The predicted octanol–water partition coefficient (Wildman–Crippen LogP) is 3.59. The summed E-state index contributed by atoms with van der Waals surface area (Å²) in [4.78, 5) is 35.4. The molecule has 0 spiro atoms. The van der Waals surface area contributed by atoms with Gasteiger partial charge in [-0.1, -0.05) is 55.3 Å². The van der Waals surface area contributed by atoms with E-state index in [1.807, 2.05) is 30.3 Å². The summed E-state index contributed by atoms with van der Waals surface area (Å²) in [6, 6.07) is 15.3. The first-order chi connectivity index (χ1) is 13.0. The molecule has 1 amide bonds. The van der Waals surface area contributed by atoms with Gasteiger partial charge in [-0.15, -0.1) is 0 Å². The summed E-state index contributed by atoms with van der Waals surface area (Å²) in [5.41, 5.74) is 0.0304. The third-order valence-corrected chi connectivity index (χ3v) is 4.88. The SMILES string of the molecule is O=C(COC(=O)C1(c2ccccc2)CCCC1)Nc1ccccc1[N+](=O)[O-]. The lowest BCUT2D eigenvalue weighted by atomic mass is 9.79. The van der Waals surface area contributed by atoms with E-state index in [1.54, 1.807) is 6.07 Å². The molecule has 0 aromatic heterocycles. The minimum atomic E-state index is -0.722. The minimum absolute atomic E-state index is 0.0715. The van der Waals surface area contributed by atoms with E-state index < -0.39 is 28.8 Å². The molecule has 7 nitrogen and oxygen atoms in total. The fourth-order valence-electron chi connectivity index (χ4n) is 3.54. The van der Waals surface area contributed by atoms with Gasteiger partial charge in [0.15, 0.2) is 6.61 Å². The molecule has 1 fully saturated rings. The second kappa shape index (κ2) is 7.99. The number of benzene rings is 2. The molecule has 27 heavy (non-hydrogen) atoms. The second-order valence-corrected chi connectivity index (χ2v) is 6.55. The Bertz CT molecular complexity index is 844. The molecule has 1 saturated carbocycles. The second-order valence-electron chi connectivity index (χ2n) is 6.55. The van der Waals surface area contributed by atoms with Crippen molar-refractivity contribution in [3.63, 3.8) is 0 Å². The topological polar surface area (TPSA) is 98.5 Å². The van der Waals surface area contributed by atoms with Crippen molar-refractivity contribution in [2.75, 3.05) is 11.9 Å². The van der Waals surface area contributed by atoms with Crippen molar-refractivity contribution in [2.24, 2.45) is 0 Å². The molecular weight excluding hydrogens is 348 g/mol. The van der Waals surface area contributed by atoms with Crippen LogP contribution in [0.4, 0.5) is 11.4 Å². The maximum atomic E-state index is 12.8. The number of nitro groups is 1. The van der Waals surface area contributed by atoms with Crippen LogP contribution in [0, 0.1) is 10.1 Å². The van der Waals surface area contributed by atoms with E-state index in [-0.39, 0.29) is 11.4 Å². The zero-order valence-corrected chi connectivity index (χ0v) is 14.7. The third-order valence-electron chi connectivity index (χ3n) is 4.88. The van der Waals surface area contributed by atoms with E-state index >= 15 is 0 Å². The first-order valence-electron chi connectivity index (χ1n) is 8.79. The van der Waals surface area contributed by atoms with Crippen LogP contribution in [0.5, 0.6) is 0 Å². The molecule has 0 atom stereocenters. The van der Waals surface area contributed by atoms with E-state index in [4.69, 9.17) is 4.74 Å². The number of rotatable bonds is 6. The maximum Gasteiger partial charge on any atom is 0.317 e. The molecule has 1 N–H and O–H groups in total. The molecule has 7 heteroatoms. The zero-order chi connectivity index (χ0) is 19.3. The molecule has 1 aliphatic rings. The smallest absolute Gasteiger partial charge is 0.317 e. The molecule has 0 radical (unpaired) electrons.